The van der Waals surface area contributed by atoms with Gasteiger partial charge in [0.1, 0.15) is 11.6 Å². The highest BCUT2D eigenvalue weighted by Gasteiger charge is 2.40. The minimum Gasteiger partial charge on any atom is -0.323 e. The molecule has 1 aliphatic rings. The Bertz CT molecular complexity index is 653. The van der Waals surface area contributed by atoms with E-state index in [1.54, 1.807) is 0 Å². The van der Waals surface area contributed by atoms with Crippen LogP contribution >= 0.6 is 27.5 Å². The zero-order chi connectivity index (χ0) is 14.4. The third-order valence-electron chi connectivity index (χ3n) is 3.99. The van der Waals surface area contributed by atoms with Gasteiger partial charge in [-0.2, -0.15) is 0 Å². The topological polar surface area (TPSA) is 17.8 Å². The van der Waals surface area contributed by atoms with Gasteiger partial charge in [-0.1, -0.05) is 13.3 Å². The highest BCUT2D eigenvalue weighted by molar-refractivity contribution is 9.10. The molecule has 1 aliphatic carbocycles. The Kier molecular flexibility index (Phi) is 3.80. The van der Waals surface area contributed by atoms with Crippen LogP contribution in [0.15, 0.2) is 16.6 Å². The average Bonchev–Trinajstić information content (AvgIpc) is 3.04. The Morgan fingerprint density at radius 2 is 2.30 bits per heavy atom. The maximum absolute atomic E-state index is 13.7. The molecule has 1 saturated carbocycles. The molecule has 1 aromatic carbocycles. The zero-order valence-corrected chi connectivity index (χ0v) is 13.9. The van der Waals surface area contributed by atoms with Crippen LogP contribution in [0.25, 0.3) is 11.0 Å². The van der Waals surface area contributed by atoms with E-state index in [0.29, 0.717) is 21.9 Å². The lowest BCUT2D eigenvalue weighted by Gasteiger charge is -2.10. The van der Waals surface area contributed by atoms with Crippen molar-refractivity contribution in [3.63, 3.8) is 0 Å². The summed E-state index contributed by atoms with van der Waals surface area (Å²) in [4.78, 5) is 4.54. The van der Waals surface area contributed by atoms with Crippen molar-refractivity contribution >= 4 is 38.6 Å². The van der Waals surface area contributed by atoms with Crippen molar-refractivity contribution < 1.29 is 4.39 Å². The van der Waals surface area contributed by atoms with Crippen LogP contribution in [0.2, 0.25) is 0 Å². The molecule has 3 unspecified atom stereocenters. The lowest BCUT2D eigenvalue weighted by Crippen LogP contribution is -2.04. The maximum atomic E-state index is 13.7. The normalized spacial score (nSPS) is 23.2. The molecule has 0 bridgehead atoms. The fraction of sp³-hybridized carbons (Fsp3) is 0.533. The van der Waals surface area contributed by atoms with Crippen molar-refractivity contribution in [2.24, 2.45) is 5.92 Å². The summed E-state index contributed by atoms with van der Waals surface area (Å²) in [7, 11) is 0. The first kappa shape index (κ1) is 14.3. The molecule has 0 radical (unpaired) electrons. The summed E-state index contributed by atoms with van der Waals surface area (Å²) >= 11 is 9.53. The number of hydrogen-bond donors (Lipinski definition) is 0. The predicted molar refractivity (Wildman–Crippen MR) is 83.7 cm³/mol. The molecule has 0 aliphatic heterocycles. The largest absolute Gasteiger partial charge is 0.323 e. The fourth-order valence-corrected chi connectivity index (χ4v) is 3.45. The number of imidazole rings is 1. The first-order valence-electron chi connectivity index (χ1n) is 7.03. The van der Waals surface area contributed by atoms with Crippen molar-refractivity contribution in [1.29, 1.82) is 0 Å². The predicted octanol–water partition coefficient (Wildman–Crippen LogP) is 5.60. The van der Waals surface area contributed by atoms with Crippen LogP contribution in [0.3, 0.4) is 0 Å². The lowest BCUT2D eigenvalue weighted by atomic mass is 10.2. The van der Waals surface area contributed by atoms with Crippen LogP contribution in [0.1, 0.15) is 50.4 Å². The molecule has 0 N–H and O–H groups in total. The van der Waals surface area contributed by atoms with Gasteiger partial charge in [-0.3, -0.25) is 0 Å². The van der Waals surface area contributed by atoms with Crippen molar-refractivity contribution in [2.75, 3.05) is 0 Å². The number of fused-ring (bicyclic) bond motifs is 1. The van der Waals surface area contributed by atoms with Gasteiger partial charge in [-0.05, 0) is 47.7 Å². The highest BCUT2D eigenvalue weighted by Crippen LogP contribution is 2.49. The second kappa shape index (κ2) is 5.30. The van der Waals surface area contributed by atoms with Crippen LogP contribution in [-0.4, -0.2) is 9.55 Å². The second-order valence-electron chi connectivity index (χ2n) is 5.56. The highest BCUT2D eigenvalue weighted by atomic mass is 79.9. The van der Waals surface area contributed by atoms with Gasteiger partial charge < -0.3 is 4.57 Å². The Balaban J connectivity index is 2.12. The Hall–Kier alpha value is -0.610. The third-order valence-corrected chi connectivity index (χ3v) is 4.79. The summed E-state index contributed by atoms with van der Waals surface area (Å²) in [6, 6.07) is 3.77. The monoisotopic (exact) mass is 358 g/mol. The number of benzene rings is 1. The first-order chi connectivity index (χ1) is 9.52. The molecule has 0 spiro atoms. The van der Waals surface area contributed by atoms with Crippen LogP contribution < -0.4 is 0 Å². The number of aromatic nitrogens is 2. The van der Waals surface area contributed by atoms with Gasteiger partial charge in [0.05, 0.1) is 20.9 Å². The van der Waals surface area contributed by atoms with Crippen LogP contribution in [0.5, 0.6) is 0 Å². The van der Waals surface area contributed by atoms with E-state index >= 15 is 0 Å². The number of rotatable bonds is 4. The maximum Gasteiger partial charge on any atom is 0.139 e. The van der Waals surface area contributed by atoms with E-state index in [2.05, 4.69) is 32.4 Å². The van der Waals surface area contributed by atoms with E-state index in [1.807, 2.05) is 13.0 Å². The Labute approximate surface area is 131 Å². The van der Waals surface area contributed by atoms with Crippen molar-refractivity contribution in [1.82, 2.24) is 9.55 Å². The van der Waals surface area contributed by atoms with E-state index < -0.39 is 0 Å². The van der Waals surface area contributed by atoms with Crippen molar-refractivity contribution in [3.05, 3.63) is 28.2 Å². The van der Waals surface area contributed by atoms with Gasteiger partial charge in [0, 0.05) is 12.1 Å². The van der Waals surface area contributed by atoms with E-state index in [9.17, 15) is 4.39 Å². The number of alkyl halides is 1. The Morgan fingerprint density at radius 1 is 1.55 bits per heavy atom. The lowest BCUT2D eigenvalue weighted by molar-refractivity contribution is 0.597. The summed E-state index contributed by atoms with van der Waals surface area (Å²) in [5.41, 5.74) is 1.67. The smallest absolute Gasteiger partial charge is 0.139 e. The van der Waals surface area contributed by atoms with Gasteiger partial charge in [0.25, 0.3) is 0 Å². The summed E-state index contributed by atoms with van der Waals surface area (Å²) in [5.74, 6) is 1.27. The molecule has 2 aromatic rings. The number of nitrogens with zero attached hydrogens (tertiary/aromatic N) is 2. The molecule has 3 rings (SSSR count). The second-order valence-corrected chi connectivity index (χ2v) is 7.07. The molecule has 0 amide bonds. The quantitative estimate of drug-likeness (QED) is 0.650. The summed E-state index contributed by atoms with van der Waals surface area (Å²) in [6.45, 7) is 4.13. The third kappa shape index (κ3) is 2.37. The van der Waals surface area contributed by atoms with E-state index in [-0.39, 0.29) is 11.2 Å². The van der Waals surface area contributed by atoms with E-state index in [0.717, 1.165) is 11.3 Å². The minimum atomic E-state index is -0.281. The summed E-state index contributed by atoms with van der Waals surface area (Å²) in [6.07, 6.45) is 3.59. The SMILES string of the molecule is CCCC1CC1n1c(C(C)Cl)nc2cc(F)c(Br)cc21. The molecule has 108 valence electrons. The number of hydrogen-bond acceptors (Lipinski definition) is 1. The Morgan fingerprint density at radius 3 is 2.95 bits per heavy atom. The van der Waals surface area contributed by atoms with Crippen LogP contribution in [0.4, 0.5) is 4.39 Å². The molecule has 1 aromatic heterocycles. The molecule has 20 heavy (non-hydrogen) atoms. The molecule has 3 atom stereocenters. The molecular formula is C15H17BrClFN2. The molecule has 1 fully saturated rings. The minimum absolute atomic E-state index is 0.174. The first-order valence-corrected chi connectivity index (χ1v) is 8.26. The molecule has 0 saturated heterocycles. The zero-order valence-electron chi connectivity index (χ0n) is 11.5. The summed E-state index contributed by atoms with van der Waals surface area (Å²) in [5, 5.41) is -0.174. The summed E-state index contributed by atoms with van der Waals surface area (Å²) < 4.78 is 16.4. The van der Waals surface area contributed by atoms with Gasteiger partial charge in [0.15, 0.2) is 0 Å². The van der Waals surface area contributed by atoms with Crippen molar-refractivity contribution in [3.8, 4) is 0 Å². The van der Waals surface area contributed by atoms with Gasteiger partial charge in [0.2, 0.25) is 0 Å². The van der Waals surface area contributed by atoms with E-state index in [1.165, 1.54) is 25.3 Å². The number of halogens is 3. The standard InChI is InChI=1S/C15H17BrClFN2/c1-3-4-9-5-13(9)20-14-6-10(16)11(18)7-12(14)19-15(20)8(2)17/h6-9,13H,3-5H2,1-2H3. The molecule has 5 heteroatoms. The average molecular weight is 360 g/mol. The van der Waals surface area contributed by atoms with Crippen molar-refractivity contribution in [2.45, 2.75) is 44.5 Å². The van der Waals surface area contributed by atoms with Crippen LogP contribution in [-0.2, 0) is 0 Å². The van der Waals surface area contributed by atoms with E-state index in [4.69, 9.17) is 11.6 Å². The van der Waals surface area contributed by atoms with Gasteiger partial charge >= 0.3 is 0 Å². The van der Waals surface area contributed by atoms with Gasteiger partial charge in [-0.25, -0.2) is 9.37 Å². The molecule has 1 heterocycles. The fourth-order valence-electron chi connectivity index (χ4n) is 2.97. The molecular weight excluding hydrogens is 343 g/mol. The van der Waals surface area contributed by atoms with Gasteiger partial charge in [-0.15, -0.1) is 11.6 Å². The molecule has 2 nitrogen and oxygen atoms in total. The van der Waals surface area contributed by atoms with Crippen LogP contribution in [0, 0.1) is 11.7 Å².